The van der Waals surface area contributed by atoms with E-state index in [1.54, 1.807) is 31.2 Å². The van der Waals surface area contributed by atoms with E-state index in [2.05, 4.69) is 20.2 Å². The number of aromatic nitrogens is 2. The minimum Gasteiger partial charge on any atom is -0.326 e. The molecule has 0 spiro atoms. The molecule has 1 aromatic heterocycles. The largest absolute Gasteiger partial charge is 0.326 e. The molecule has 0 unspecified atom stereocenters. The standard InChI is InChI=1S/C12H14N4O3S/c1-2-12(17)15-9-4-3-5-10(6-9)16-20(18,19)11-7-13-14-8-11/h3-8,16H,2H2,1H3,(H,13,14)(H,15,17). The summed E-state index contributed by atoms with van der Waals surface area (Å²) in [5, 5.41) is 8.70. The molecule has 2 aromatic rings. The van der Waals surface area contributed by atoms with Crippen LogP contribution in [0.4, 0.5) is 11.4 Å². The first kappa shape index (κ1) is 14.1. The molecular formula is C12H14N4O3S. The van der Waals surface area contributed by atoms with Crippen molar-refractivity contribution in [3.8, 4) is 0 Å². The normalized spacial score (nSPS) is 11.1. The number of benzene rings is 1. The predicted molar refractivity (Wildman–Crippen MR) is 74.8 cm³/mol. The number of aromatic amines is 1. The third-order valence-corrected chi connectivity index (χ3v) is 3.85. The molecule has 1 heterocycles. The van der Waals surface area contributed by atoms with Gasteiger partial charge in [-0.15, -0.1) is 0 Å². The Bertz CT molecular complexity index is 695. The van der Waals surface area contributed by atoms with Crippen LogP contribution in [0.15, 0.2) is 41.6 Å². The topological polar surface area (TPSA) is 104 Å². The number of hydrogen-bond donors (Lipinski definition) is 3. The van der Waals surface area contributed by atoms with E-state index in [1.807, 2.05) is 0 Å². The van der Waals surface area contributed by atoms with Crippen molar-refractivity contribution >= 4 is 27.3 Å². The molecule has 3 N–H and O–H groups in total. The van der Waals surface area contributed by atoms with Gasteiger partial charge >= 0.3 is 0 Å². The van der Waals surface area contributed by atoms with Crippen molar-refractivity contribution in [2.24, 2.45) is 0 Å². The van der Waals surface area contributed by atoms with Gasteiger partial charge in [-0.1, -0.05) is 13.0 Å². The summed E-state index contributed by atoms with van der Waals surface area (Å²) in [5.41, 5.74) is 0.893. The molecule has 0 aliphatic rings. The van der Waals surface area contributed by atoms with Crippen LogP contribution < -0.4 is 10.0 Å². The predicted octanol–water partition coefficient (Wildman–Crippen LogP) is 1.56. The molecule has 0 saturated carbocycles. The van der Waals surface area contributed by atoms with E-state index in [1.165, 1.54) is 12.4 Å². The van der Waals surface area contributed by atoms with Crippen molar-refractivity contribution < 1.29 is 13.2 Å². The van der Waals surface area contributed by atoms with Gasteiger partial charge in [-0.3, -0.25) is 14.6 Å². The Morgan fingerprint density at radius 2 is 2.10 bits per heavy atom. The second kappa shape index (κ2) is 5.74. The number of H-pyrrole nitrogens is 1. The number of carbonyl (C=O) groups is 1. The van der Waals surface area contributed by atoms with E-state index in [4.69, 9.17) is 0 Å². The van der Waals surface area contributed by atoms with Crippen LogP contribution in [0.5, 0.6) is 0 Å². The molecule has 2 rings (SSSR count). The molecule has 0 saturated heterocycles. The lowest BCUT2D eigenvalue weighted by atomic mass is 10.3. The van der Waals surface area contributed by atoms with Crippen LogP contribution in [0.2, 0.25) is 0 Å². The van der Waals surface area contributed by atoms with Crippen LogP contribution in [-0.4, -0.2) is 24.5 Å². The van der Waals surface area contributed by atoms with Crippen LogP contribution in [0.3, 0.4) is 0 Å². The summed E-state index contributed by atoms with van der Waals surface area (Å²) in [6, 6.07) is 6.48. The molecule has 0 atom stereocenters. The Morgan fingerprint density at radius 1 is 1.35 bits per heavy atom. The Morgan fingerprint density at radius 3 is 2.75 bits per heavy atom. The SMILES string of the molecule is CCC(=O)Nc1cccc(NS(=O)(=O)c2cn[nH]c2)c1. The number of anilines is 2. The van der Waals surface area contributed by atoms with Gasteiger partial charge in [0.15, 0.2) is 0 Å². The highest BCUT2D eigenvalue weighted by Crippen LogP contribution is 2.19. The molecule has 7 nitrogen and oxygen atoms in total. The molecule has 0 aliphatic heterocycles. The fourth-order valence-electron chi connectivity index (χ4n) is 1.51. The number of amides is 1. The second-order valence-electron chi connectivity index (χ2n) is 4.02. The fourth-order valence-corrected chi connectivity index (χ4v) is 2.46. The highest BCUT2D eigenvalue weighted by Gasteiger charge is 2.15. The number of nitrogens with one attached hydrogen (secondary N) is 3. The lowest BCUT2D eigenvalue weighted by Crippen LogP contribution is -2.13. The number of hydrogen-bond acceptors (Lipinski definition) is 4. The van der Waals surface area contributed by atoms with Crippen molar-refractivity contribution in [3.05, 3.63) is 36.7 Å². The van der Waals surface area contributed by atoms with Crippen LogP contribution in [0.1, 0.15) is 13.3 Å². The summed E-state index contributed by atoms with van der Waals surface area (Å²) in [5.74, 6) is -0.139. The zero-order valence-corrected chi connectivity index (χ0v) is 11.6. The van der Waals surface area contributed by atoms with Crippen molar-refractivity contribution in [3.63, 3.8) is 0 Å². The van der Waals surface area contributed by atoms with Gasteiger partial charge in [0.1, 0.15) is 4.90 Å². The van der Waals surface area contributed by atoms with Crippen LogP contribution in [0, 0.1) is 0 Å². The first-order valence-corrected chi connectivity index (χ1v) is 7.41. The number of carbonyl (C=O) groups excluding carboxylic acids is 1. The summed E-state index contributed by atoms with van der Waals surface area (Å²) in [7, 11) is -3.68. The van der Waals surface area contributed by atoms with Crippen molar-refractivity contribution in [1.82, 2.24) is 10.2 Å². The van der Waals surface area contributed by atoms with Gasteiger partial charge in [-0.05, 0) is 18.2 Å². The monoisotopic (exact) mass is 294 g/mol. The lowest BCUT2D eigenvalue weighted by molar-refractivity contribution is -0.115. The summed E-state index contributed by atoms with van der Waals surface area (Å²) >= 11 is 0. The van der Waals surface area contributed by atoms with Crippen LogP contribution >= 0.6 is 0 Å². The van der Waals surface area contributed by atoms with E-state index in [0.29, 0.717) is 17.8 Å². The number of sulfonamides is 1. The molecular weight excluding hydrogens is 280 g/mol. The van der Waals surface area contributed by atoms with E-state index < -0.39 is 10.0 Å². The molecule has 1 aromatic carbocycles. The number of nitrogens with zero attached hydrogens (tertiary/aromatic N) is 1. The fraction of sp³-hybridized carbons (Fsp3) is 0.167. The van der Waals surface area contributed by atoms with Crippen molar-refractivity contribution in [2.75, 3.05) is 10.0 Å². The minimum absolute atomic E-state index is 0.0421. The van der Waals surface area contributed by atoms with Gasteiger partial charge in [0, 0.05) is 18.3 Å². The first-order chi connectivity index (χ1) is 9.51. The lowest BCUT2D eigenvalue weighted by Gasteiger charge is -2.08. The smallest absolute Gasteiger partial charge is 0.265 e. The van der Waals surface area contributed by atoms with Gasteiger partial charge in [0.25, 0.3) is 10.0 Å². The molecule has 0 bridgehead atoms. The third kappa shape index (κ3) is 3.35. The molecule has 106 valence electrons. The maximum Gasteiger partial charge on any atom is 0.265 e. The van der Waals surface area contributed by atoms with Gasteiger partial charge in [-0.25, -0.2) is 8.42 Å². The number of rotatable bonds is 5. The Labute approximate surface area is 116 Å². The summed E-state index contributed by atoms with van der Waals surface area (Å²) in [6.07, 6.45) is 2.85. The Hall–Kier alpha value is -2.35. The van der Waals surface area contributed by atoms with Gasteiger partial charge < -0.3 is 5.32 Å². The average molecular weight is 294 g/mol. The molecule has 0 radical (unpaired) electrons. The molecule has 20 heavy (non-hydrogen) atoms. The maximum atomic E-state index is 12.0. The third-order valence-electron chi connectivity index (χ3n) is 2.50. The zero-order valence-electron chi connectivity index (χ0n) is 10.8. The second-order valence-corrected chi connectivity index (χ2v) is 5.70. The van der Waals surface area contributed by atoms with Crippen LogP contribution in [-0.2, 0) is 14.8 Å². The van der Waals surface area contributed by atoms with E-state index >= 15 is 0 Å². The molecule has 1 amide bonds. The maximum absolute atomic E-state index is 12.0. The van der Waals surface area contributed by atoms with Crippen molar-refractivity contribution in [1.29, 1.82) is 0 Å². The summed E-state index contributed by atoms with van der Waals surface area (Å²) in [6.45, 7) is 1.74. The molecule has 0 fully saturated rings. The highest BCUT2D eigenvalue weighted by molar-refractivity contribution is 7.92. The minimum atomic E-state index is -3.68. The van der Waals surface area contributed by atoms with Crippen molar-refractivity contribution in [2.45, 2.75) is 18.2 Å². The molecule has 0 aliphatic carbocycles. The van der Waals surface area contributed by atoms with Gasteiger partial charge in [0.2, 0.25) is 5.91 Å². The van der Waals surface area contributed by atoms with Crippen LogP contribution in [0.25, 0.3) is 0 Å². The van der Waals surface area contributed by atoms with Gasteiger partial charge in [-0.2, -0.15) is 5.10 Å². The first-order valence-electron chi connectivity index (χ1n) is 5.93. The van der Waals surface area contributed by atoms with E-state index in [0.717, 1.165) is 0 Å². The Kier molecular flexibility index (Phi) is 4.04. The summed E-state index contributed by atoms with van der Waals surface area (Å²) < 4.78 is 26.4. The zero-order chi connectivity index (χ0) is 14.6. The Balaban J connectivity index is 2.18. The van der Waals surface area contributed by atoms with E-state index in [-0.39, 0.29) is 10.8 Å². The van der Waals surface area contributed by atoms with Gasteiger partial charge in [0.05, 0.1) is 11.9 Å². The highest BCUT2D eigenvalue weighted by atomic mass is 32.2. The average Bonchev–Trinajstić information content (AvgIpc) is 2.93. The molecule has 8 heteroatoms. The van der Waals surface area contributed by atoms with E-state index in [9.17, 15) is 13.2 Å². The summed E-state index contributed by atoms with van der Waals surface area (Å²) in [4.78, 5) is 11.3. The quantitative estimate of drug-likeness (QED) is 0.778.